The van der Waals surface area contributed by atoms with E-state index in [1.54, 1.807) is 17.7 Å². The van der Waals surface area contributed by atoms with Crippen LogP contribution in [0, 0.1) is 6.92 Å². The Morgan fingerprint density at radius 3 is 2.55 bits per heavy atom. The first-order chi connectivity index (χ1) is 15.9. The number of unbranched alkanes of at least 4 members (excludes halogenated alkanes) is 1. The number of nitrogens with one attached hydrogen (secondary N) is 2. The first kappa shape index (κ1) is 24.3. The fraction of sp³-hybridized carbons (Fsp3) is 0.320. The van der Waals surface area contributed by atoms with Crippen molar-refractivity contribution in [2.75, 3.05) is 17.2 Å². The van der Waals surface area contributed by atoms with Crippen LogP contribution in [0.2, 0.25) is 5.02 Å². The van der Waals surface area contributed by atoms with E-state index in [0.717, 1.165) is 41.8 Å². The zero-order valence-electron chi connectivity index (χ0n) is 19.2. The molecule has 2 amide bonds. The zero-order chi connectivity index (χ0) is 23.8. The number of aryl methyl sites for hydroxylation is 2. The number of carbonyl (C=O) groups excluding carboxylic acids is 2. The van der Waals surface area contributed by atoms with E-state index in [1.165, 1.54) is 0 Å². The summed E-state index contributed by atoms with van der Waals surface area (Å²) in [7, 11) is 0. The Balaban J connectivity index is 1.81. The van der Waals surface area contributed by atoms with Crippen molar-refractivity contribution in [3.05, 3.63) is 70.4 Å². The van der Waals surface area contributed by atoms with Gasteiger partial charge in [-0.15, -0.1) is 0 Å². The second-order valence-electron chi connectivity index (χ2n) is 7.70. The molecule has 3 aromatic rings. The van der Waals surface area contributed by atoms with Crippen LogP contribution < -0.4 is 10.6 Å². The van der Waals surface area contributed by atoms with Gasteiger partial charge in [0.1, 0.15) is 5.82 Å². The van der Waals surface area contributed by atoms with Crippen LogP contribution in [0.3, 0.4) is 0 Å². The first-order valence-electron chi connectivity index (χ1n) is 11.1. The van der Waals surface area contributed by atoms with Gasteiger partial charge in [-0.05, 0) is 56.0 Å². The van der Waals surface area contributed by atoms with Gasteiger partial charge in [-0.3, -0.25) is 10.1 Å². The highest BCUT2D eigenvalue weighted by atomic mass is 35.5. The maximum atomic E-state index is 12.7. The lowest BCUT2D eigenvalue weighted by atomic mass is 10.1. The van der Waals surface area contributed by atoms with Gasteiger partial charge in [0, 0.05) is 6.07 Å². The van der Waals surface area contributed by atoms with Crippen molar-refractivity contribution < 1.29 is 14.3 Å². The fourth-order valence-corrected chi connectivity index (χ4v) is 3.52. The normalized spacial score (nSPS) is 10.7. The molecular formula is C25H29ClN4O3. The molecular weight excluding hydrogens is 440 g/mol. The molecule has 0 saturated heterocycles. The van der Waals surface area contributed by atoms with E-state index in [4.69, 9.17) is 16.3 Å². The number of nitrogens with zero attached hydrogens (tertiary/aromatic N) is 2. The molecule has 1 heterocycles. The summed E-state index contributed by atoms with van der Waals surface area (Å²) in [5, 5.41) is 10.9. The lowest BCUT2D eigenvalue weighted by Crippen LogP contribution is -2.21. The number of aromatic nitrogens is 2. The number of carbonyl (C=O) groups is 2. The number of ether oxygens (including phenoxy) is 1. The number of rotatable bonds is 9. The van der Waals surface area contributed by atoms with E-state index in [0.29, 0.717) is 23.1 Å². The molecule has 0 saturated carbocycles. The lowest BCUT2D eigenvalue weighted by molar-refractivity contribution is -0.142. The molecule has 7 nitrogen and oxygen atoms in total. The van der Waals surface area contributed by atoms with Crippen molar-refractivity contribution in [2.24, 2.45) is 0 Å². The molecule has 0 aliphatic carbocycles. The largest absolute Gasteiger partial charge is 0.466 e. The van der Waals surface area contributed by atoms with Crippen molar-refractivity contribution in [3.63, 3.8) is 0 Å². The van der Waals surface area contributed by atoms with E-state index in [1.807, 2.05) is 49.4 Å². The number of halogens is 1. The third-order valence-corrected chi connectivity index (χ3v) is 5.56. The van der Waals surface area contributed by atoms with Gasteiger partial charge in [0.15, 0.2) is 0 Å². The van der Waals surface area contributed by atoms with E-state index >= 15 is 0 Å². The highest BCUT2D eigenvalue weighted by Crippen LogP contribution is 2.26. The highest BCUT2D eigenvalue weighted by Gasteiger charge is 2.14. The number of hydrogen-bond donors (Lipinski definition) is 2. The molecule has 0 fully saturated rings. The first-order valence-corrected chi connectivity index (χ1v) is 11.5. The van der Waals surface area contributed by atoms with Crippen LogP contribution >= 0.6 is 11.6 Å². The zero-order valence-corrected chi connectivity index (χ0v) is 19.9. The fourth-order valence-electron chi connectivity index (χ4n) is 3.34. The molecule has 2 N–H and O–H groups in total. The predicted octanol–water partition coefficient (Wildman–Crippen LogP) is 5.93. The van der Waals surface area contributed by atoms with Gasteiger partial charge in [-0.25, -0.2) is 9.48 Å². The quantitative estimate of drug-likeness (QED) is 0.381. The molecule has 0 atom stereocenters. The molecule has 0 bridgehead atoms. The average Bonchev–Trinajstić information content (AvgIpc) is 3.18. The Morgan fingerprint density at radius 1 is 1.09 bits per heavy atom. The maximum absolute atomic E-state index is 12.7. The molecule has 1 aromatic heterocycles. The molecule has 0 radical (unpaired) electrons. The Hall–Kier alpha value is -3.32. The summed E-state index contributed by atoms with van der Waals surface area (Å²) in [6.07, 6.45) is 3.06. The predicted molar refractivity (Wildman–Crippen MR) is 131 cm³/mol. The minimum atomic E-state index is -0.412. The molecule has 0 spiro atoms. The van der Waals surface area contributed by atoms with Gasteiger partial charge >= 0.3 is 12.0 Å². The summed E-state index contributed by atoms with van der Waals surface area (Å²) in [4.78, 5) is 24.5. The van der Waals surface area contributed by atoms with Crippen molar-refractivity contribution in [1.29, 1.82) is 0 Å². The van der Waals surface area contributed by atoms with Crippen LogP contribution in [0.5, 0.6) is 0 Å². The summed E-state index contributed by atoms with van der Waals surface area (Å²) in [5.41, 5.74) is 3.92. The Morgan fingerprint density at radius 2 is 1.85 bits per heavy atom. The van der Waals surface area contributed by atoms with Crippen LogP contribution in [0.4, 0.5) is 16.3 Å². The van der Waals surface area contributed by atoms with Gasteiger partial charge in [0.25, 0.3) is 0 Å². The van der Waals surface area contributed by atoms with Gasteiger partial charge in [-0.1, -0.05) is 49.2 Å². The molecule has 0 aliphatic rings. The Kier molecular flexibility index (Phi) is 8.49. The standard InChI is InChI=1S/C25H29ClN4O3/c1-4-6-9-19-16-22(28-25(32)27-21-10-7-8-17(3)24(21)26)30(29-19)20-13-11-18(12-14-20)15-23(31)33-5-2/h7-8,10-14,16H,4-6,9,15H2,1-3H3,(H2,27,28,32). The van der Waals surface area contributed by atoms with Crippen LogP contribution in [0.25, 0.3) is 5.69 Å². The third kappa shape index (κ3) is 6.58. The van der Waals surface area contributed by atoms with Gasteiger partial charge in [0.2, 0.25) is 0 Å². The van der Waals surface area contributed by atoms with Gasteiger partial charge in [-0.2, -0.15) is 5.10 Å². The van der Waals surface area contributed by atoms with Crippen LogP contribution in [0.1, 0.15) is 43.5 Å². The summed E-state index contributed by atoms with van der Waals surface area (Å²) < 4.78 is 6.70. The monoisotopic (exact) mass is 468 g/mol. The molecule has 3 rings (SSSR count). The van der Waals surface area contributed by atoms with E-state index in [-0.39, 0.29) is 12.4 Å². The van der Waals surface area contributed by atoms with Gasteiger partial charge < -0.3 is 10.1 Å². The number of esters is 1. The van der Waals surface area contributed by atoms with Crippen molar-refractivity contribution in [1.82, 2.24) is 9.78 Å². The Labute approximate surface area is 199 Å². The second kappa shape index (κ2) is 11.5. The van der Waals surface area contributed by atoms with E-state index in [9.17, 15) is 9.59 Å². The number of urea groups is 1. The second-order valence-corrected chi connectivity index (χ2v) is 8.08. The van der Waals surface area contributed by atoms with Crippen molar-refractivity contribution in [3.8, 4) is 5.69 Å². The molecule has 174 valence electrons. The SMILES string of the molecule is CCCCc1cc(NC(=O)Nc2cccc(C)c2Cl)n(-c2ccc(CC(=O)OCC)cc2)n1. The number of amides is 2. The molecule has 0 unspecified atom stereocenters. The summed E-state index contributed by atoms with van der Waals surface area (Å²) in [6, 6.07) is 14.4. The van der Waals surface area contributed by atoms with Gasteiger partial charge in [0.05, 0.1) is 35.1 Å². The summed E-state index contributed by atoms with van der Waals surface area (Å²) >= 11 is 6.31. The number of benzene rings is 2. The van der Waals surface area contributed by atoms with Crippen LogP contribution in [-0.2, 0) is 22.4 Å². The molecule has 8 heteroatoms. The maximum Gasteiger partial charge on any atom is 0.324 e. The van der Waals surface area contributed by atoms with E-state index in [2.05, 4.69) is 22.7 Å². The molecule has 2 aromatic carbocycles. The minimum Gasteiger partial charge on any atom is -0.466 e. The van der Waals surface area contributed by atoms with Crippen LogP contribution in [-0.4, -0.2) is 28.4 Å². The lowest BCUT2D eigenvalue weighted by Gasteiger charge is -2.12. The van der Waals surface area contributed by atoms with Crippen molar-refractivity contribution in [2.45, 2.75) is 46.5 Å². The van der Waals surface area contributed by atoms with Crippen molar-refractivity contribution >= 4 is 35.1 Å². The molecule has 0 aliphatic heterocycles. The molecule has 33 heavy (non-hydrogen) atoms. The Bertz CT molecular complexity index is 1110. The topological polar surface area (TPSA) is 85.2 Å². The van der Waals surface area contributed by atoms with Crippen LogP contribution in [0.15, 0.2) is 48.5 Å². The minimum absolute atomic E-state index is 0.208. The van der Waals surface area contributed by atoms with E-state index < -0.39 is 6.03 Å². The smallest absolute Gasteiger partial charge is 0.324 e. The number of hydrogen-bond acceptors (Lipinski definition) is 4. The third-order valence-electron chi connectivity index (χ3n) is 5.06. The summed E-state index contributed by atoms with van der Waals surface area (Å²) in [5.74, 6) is 0.278. The summed E-state index contributed by atoms with van der Waals surface area (Å²) in [6.45, 7) is 6.14. The number of anilines is 2. The average molecular weight is 469 g/mol. The highest BCUT2D eigenvalue weighted by molar-refractivity contribution is 6.34.